The zero-order chi connectivity index (χ0) is 14.8. The third-order valence-electron chi connectivity index (χ3n) is 3.65. The number of aromatic nitrogens is 1. The van der Waals surface area contributed by atoms with E-state index in [1.165, 1.54) is 13.3 Å². The first-order chi connectivity index (χ1) is 9.45. The van der Waals surface area contributed by atoms with Crippen molar-refractivity contribution in [2.45, 2.75) is 31.4 Å². The Labute approximate surface area is 118 Å². The molecule has 0 bridgehead atoms. The Morgan fingerprint density at radius 1 is 1.45 bits per heavy atom. The van der Waals surface area contributed by atoms with Gasteiger partial charge in [-0.1, -0.05) is 6.42 Å². The van der Waals surface area contributed by atoms with Gasteiger partial charge in [-0.25, -0.2) is 8.42 Å². The SMILES string of the molecule is COC(=O)C1CCCC1S(=O)(=O)Nc1cnccc1C. The minimum absolute atomic E-state index is 0.447. The summed E-state index contributed by atoms with van der Waals surface area (Å²) >= 11 is 0. The fourth-order valence-corrected chi connectivity index (χ4v) is 4.35. The van der Waals surface area contributed by atoms with Crippen LogP contribution in [0.4, 0.5) is 5.69 Å². The van der Waals surface area contributed by atoms with Gasteiger partial charge in [-0.3, -0.25) is 14.5 Å². The van der Waals surface area contributed by atoms with Crippen LogP contribution in [0.5, 0.6) is 0 Å². The van der Waals surface area contributed by atoms with Gasteiger partial charge in [0, 0.05) is 6.20 Å². The number of carbonyl (C=O) groups excluding carboxylic acids is 1. The monoisotopic (exact) mass is 298 g/mol. The minimum atomic E-state index is -3.63. The first-order valence-corrected chi connectivity index (χ1v) is 8.00. The molecule has 7 heteroatoms. The first-order valence-electron chi connectivity index (χ1n) is 6.46. The molecule has 1 heterocycles. The van der Waals surface area contributed by atoms with Crippen LogP contribution in [-0.2, 0) is 19.6 Å². The molecule has 1 fully saturated rings. The molecule has 1 aliphatic carbocycles. The van der Waals surface area contributed by atoms with Crippen LogP contribution < -0.4 is 4.72 Å². The summed E-state index contributed by atoms with van der Waals surface area (Å²) in [5.74, 6) is -1.05. The summed E-state index contributed by atoms with van der Waals surface area (Å²) in [6.07, 6.45) is 4.78. The highest BCUT2D eigenvalue weighted by molar-refractivity contribution is 7.93. The highest BCUT2D eigenvalue weighted by Crippen LogP contribution is 2.33. The maximum Gasteiger partial charge on any atom is 0.310 e. The van der Waals surface area contributed by atoms with Crippen LogP contribution in [0.15, 0.2) is 18.5 Å². The highest BCUT2D eigenvalue weighted by Gasteiger charge is 2.42. The molecule has 1 aromatic rings. The predicted molar refractivity (Wildman–Crippen MR) is 74.7 cm³/mol. The van der Waals surface area contributed by atoms with E-state index in [4.69, 9.17) is 0 Å². The smallest absolute Gasteiger partial charge is 0.310 e. The second-order valence-corrected chi connectivity index (χ2v) is 6.84. The standard InChI is InChI=1S/C13H18N2O4S/c1-9-6-7-14-8-11(9)15-20(17,18)12-5-3-4-10(12)13(16)19-2/h6-8,10,12,15H,3-5H2,1-2H3. The van der Waals surface area contributed by atoms with E-state index in [1.54, 1.807) is 19.2 Å². The van der Waals surface area contributed by atoms with Crippen molar-refractivity contribution in [1.82, 2.24) is 4.98 Å². The highest BCUT2D eigenvalue weighted by atomic mass is 32.2. The second-order valence-electron chi connectivity index (χ2n) is 4.94. The summed E-state index contributed by atoms with van der Waals surface area (Å²) in [5.41, 5.74) is 1.24. The van der Waals surface area contributed by atoms with E-state index in [9.17, 15) is 13.2 Å². The van der Waals surface area contributed by atoms with Crippen LogP contribution in [0.1, 0.15) is 24.8 Å². The molecule has 1 saturated carbocycles. The van der Waals surface area contributed by atoms with Gasteiger partial charge in [0.25, 0.3) is 0 Å². The fraction of sp³-hybridized carbons (Fsp3) is 0.538. The van der Waals surface area contributed by atoms with E-state index >= 15 is 0 Å². The quantitative estimate of drug-likeness (QED) is 0.851. The molecule has 2 atom stereocenters. The molecule has 6 nitrogen and oxygen atoms in total. The van der Waals surface area contributed by atoms with Crippen molar-refractivity contribution in [3.05, 3.63) is 24.0 Å². The van der Waals surface area contributed by atoms with Crippen molar-refractivity contribution in [2.24, 2.45) is 5.92 Å². The van der Waals surface area contributed by atoms with Crippen LogP contribution >= 0.6 is 0 Å². The molecular formula is C13H18N2O4S. The molecule has 0 saturated heterocycles. The van der Waals surface area contributed by atoms with Crippen molar-refractivity contribution in [2.75, 3.05) is 11.8 Å². The molecule has 1 aliphatic rings. The average molecular weight is 298 g/mol. The minimum Gasteiger partial charge on any atom is -0.469 e. The van der Waals surface area contributed by atoms with Crippen molar-refractivity contribution in [3.8, 4) is 0 Å². The number of anilines is 1. The Morgan fingerprint density at radius 3 is 2.85 bits per heavy atom. The summed E-state index contributed by atoms with van der Waals surface area (Å²) in [5, 5.41) is -0.741. The Morgan fingerprint density at radius 2 is 2.20 bits per heavy atom. The van der Waals surface area contributed by atoms with Crippen LogP contribution in [0.2, 0.25) is 0 Å². The van der Waals surface area contributed by atoms with Gasteiger partial charge < -0.3 is 4.74 Å². The number of esters is 1. The van der Waals surface area contributed by atoms with Crippen molar-refractivity contribution in [1.29, 1.82) is 0 Å². The number of aryl methyl sites for hydroxylation is 1. The average Bonchev–Trinajstić information content (AvgIpc) is 2.90. The van der Waals surface area contributed by atoms with Gasteiger partial charge >= 0.3 is 5.97 Å². The molecule has 110 valence electrons. The summed E-state index contributed by atoms with van der Waals surface area (Å²) in [6, 6.07) is 1.73. The zero-order valence-corrected chi connectivity index (χ0v) is 12.3. The Bertz CT molecular complexity index is 600. The van der Waals surface area contributed by atoms with E-state index in [0.717, 1.165) is 5.56 Å². The van der Waals surface area contributed by atoms with Gasteiger partial charge in [0.05, 0.1) is 30.2 Å². The molecular weight excluding hydrogens is 280 g/mol. The number of methoxy groups -OCH3 is 1. The van der Waals surface area contributed by atoms with Gasteiger partial charge in [0.1, 0.15) is 0 Å². The van der Waals surface area contributed by atoms with Gasteiger partial charge in [0.15, 0.2) is 0 Å². The third kappa shape index (κ3) is 2.92. The lowest BCUT2D eigenvalue weighted by molar-refractivity contribution is -0.145. The lowest BCUT2D eigenvalue weighted by Crippen LogP contribution is -2.35. The summed E-state index contributed by atoms with van der Waals surface area (Å²) in [6.45, 7) is 1.80. The van der Waals surface area contributed by atoms with Gasteiger partial charge in [0.2, 0.25) is 10.0 Å². The number of pyridine rings is 1. The van der Waals surface area contributed by atoms with Gasteiger partial charge in [-0.15, -0.1) is 0 Å². The molecule has 0 spiro atoms. The number of hydrogen-bond acceptors (Lipinski definition) is 5. The van der Waals surface area contributed by atoms with Gasteiger partial charge in [-0.05, 0) is 31.4 Å². The van der Waals surface area contributed by atoms with Crippen LogP contribution in [0, 0.1) is 12.8 Å². The van der Waals surface area contributed by atoms with Crippen LogP contribution in [0.3, 0.4) is 0 Å². The first kappa shape index (κ1) is 14.8. The molecule has 0 aromatic carbocycles. The molecule has 2 rings (SSSR count). The topological polar surface area (TPSA) is 85.4 Å². The lowest BCUT2D eigenvalue weighted by Gasteiger charge is -2.19. The number of ether oxygens (including phenoxy) is 1. The fourth-order valence-electron chi connectivity index (χ4n) is 2.52. The van der Waals surface area contributed by atoms with Crippen LogP contribution in [-0.4, -0.2) is 31.7 Å². The largest absolute Gasteiger partial charge is 0.469 e. The third-order valence-corrected chi connectivity index (χ3v) is 5.51. The Balaban J connectivity index is 2.22. The summed E-state index contributed by atoms with van der Waals surface area (Å²) in [7, 11) is -2.35. The summed E-state index contributed by atoms with van der Waals surface area (Å²) in [4.78, 5) is 15.6. The zero-order valence-electron chi connectivity index (χ0n) is 11.5. The van der Waals surface area contributed by atoms with E-state index in [0.29, 0.717) is 24.9 Å². The number of nitrogens with one attached hydrogen (secondary N) is 1. The molecule has 0 radical (unpaired) electrons. The molecule has 1 N–H and O–H groups in total. The molecule has 0 amide bonds. The molecule has 0 aliphatic heterocycles. The molecule has 1 aromatic heterocycles. The molecule has 2 unspecified atom stereocenters. The van der Waals surface area contributed by atoms with Crippen molar-refractivity contribution in [3.63, 3.8) is 0 Å². The summed E-state index contributed by atoms with van der Waals surface area (Å²) < 4.78 is 32.1. The number of carbonyl (C=O) groups is 1. The van der Waals surface area contributed by atoms with Crippen molar-refractivity contribution >= 4 is 21.7 Å². The lowest BCUT2D eigenvalue weighted by atomic mass is 10.1. The number of sulfonamides is 1. The predicted octanol–water partition coefficient (Wildman–Crippen LogP) is 1.47. The van der Waals surface area contributed by atoms with Gasteiger partial charge in [-0.2, -0.15) is 0 Å². The van der Waals surface area contributed by atoms with Crippen LogP contribution in [0.25, 0.3) is 0 Å². The second kappa shape index (κ2) is 5.78. The van der Waals surface area contributed by atoms with Crippen molar-refractivity contribution < 1.29 is 17.9 Å². The Kier molecular flexibility index (Phi) is 4.27. The maximum atomic E-state index is 12.4. The number of nitrogens with zero attached hydrogens (tertiary/aromatic N) is 1. The van der Waals surface area contributed by atoms with E-state index < -0.39 is 27.2 Å². The number of rotatable bonds is 4. The number of hydrogen-bond donors (Lipinski definition) is 1. The van der Waals surface area contributed by atoms with E-state index in [2.05, 4.69) is 14.4 Å². The Hall–Kier alpha value is -1.63. The van der Waals surface area contributed by atoms with E-state index in [1.807, 2.05) is 0 Å². The normalized spacial score (nSPS) is 22.5. The van der Waals surface area contributed by atoms with E-state index in [-0.39, 0.29) is 0 Å². The molecule has 20 heavy (non-hydrogen) atoms. The maximum absolute atomic E-state index is 12.4.